The Hall–Kier alpha value is -2.17. The van der Waals surface area contributed by atoms with Gasteiger partial charge in [0.15, 0.2) is 5.82 Å². The molecule has 2 aromatic carbocycles. The average molecular weight is 314 g/mol. The van der Waals surface area contributed by atoms with Crippen molar-refractivity contribution in [1.82, 2.24) is 10.1 Å². The Balaban J connectivity index is 1.74. The van der Waals surface area contributed by atoms with E-state index in [1.54, 1.807) is 6.92 Å². The molecule has 2 N–H and O–H groups in total. The largest absolute Gasteiger partial charge is 0.338 e. The van der Waals surface area contributed by atoms with Gasteiger partial charge in [-0.2, -0.15) is 4.98 Å². The summed E-state index contributed by atoms with van der Waals surface area (Å²) in [6, 6.07) is 15.7. The number of nitrogens with zero attached hydrogens (tertiary/aromatic N) is 2. The minimum Gasteiger partial charge on any atom is -0.338 e. The molecule has 1 aromatic heterocycles. The lowest BCUT2D eigenvalue weighted by Gasteiger charge is -2.08. The number of rotatable bonds is 4. The summed E-state index contributed by atoms with van der Waals surface area (Å²) >= 11 is 6.02. The molecule has 3 rings (SSSR count). The third-order valence-electron chi connectivity index (χ3n) is 3.43. The van der Waals surface area contributed by atoms with Crippen molar-refractivity contribution in [2.75, 3.05) is 0 Å². The van der Waals surface area contributed by atoms with E-state index >= 15 is 0 Å². The van der Waals surface area contributed by atoms with Gasteiger partial charge < -0.3 is 10.3 Å². The Kier molecular flexibility index (Phi) is 4.22. The molecular formula is C17H16ClN3O. The molecule has 0 aliphatic carbocycles. The van der Waals surface area contributed by atoms with Crippen LogP contribution in [0.3, 0.4) is 0 Å². The van der Waals surface area contributed by atoms with Crippen LogP contribution >= 0.6 is 11.6 Å². The maximum atomic E-state index is 6.10. The Labute approximate surface area is 133 Å². The summed E-state index contributed by atoms with van der Waals surface area (Å²) in [4.78, 5) is 4.16. The fourth-order valence-corrected chi connectivity index (χ4v) is 2.50. The molecule has 0 radical (unpaired) electrons. The fourth-order valence-electron chi connectivity index (χ4n) is 2.31. The molecule has 3 aromatic rings. The highest BCUT2D eigenvalue weighted by atomic mass is 35.5. The predicted molar refractivity (Wildman–Crippen MR) is 86.6 cm³/mol. The minimum atomic E-state index is -0.293. The summed E-state index contributed by atoms with van der Waals surface area (Å²) in [7, 11) is 0. The van der Waals surface area contributed by atoms with Gasteiger partial charge in [0.05, 0.1) is 6.04 Å². The zero-order valence-electron chi connectivity index (χ0n) is 12.2. The molecule has 0 saturated heterocycles. The first-order valence-electron chi connectivity index (χ1n) is 7.02. The van der Waals surface area contributed by atoms with Gasteiger partial charge in [-0.3, -0.25) is 0 Å². The number of aromatic nitrogens is 2. The molecule has 112 valence electrons. The second-order valence-corrected chi connectivity index (χ2v) is 5.63. The first-order valence-corrected chi connectivity index (χ1v) is 7.40. The molecule has 0 unspecified atom stereocenters. The van der Waals surface area contributed by atoms with Gasteiger partial charge in [-0.1, -0.05) is 53.2 Å². The smallest absolute Gasteiger partial charge is 0.243 e. The average Bonchev–Trinajstić information content (AvgIpc) is 2.95. The third-order valence-corrected chi connectivity index (χ3v) is 3.66. The molecular weight excluding hydrogens is 298 g/mol. The van der Waals surface area contributed by atoms with Crippen molar-refractivity contribution in [3.05, 3.63) is 70.8 Å². The van der Waals surface area contributed by atoms with Crippen molar-refractivity contribution in [1.29, 1.82) is 0 Å². The van der Waals surface area contributed by atoms with Crippen LogP contribution in [0.25, 0.3) is 11.1 Å². The van der Waals surface area contributed by atoms with Crippen LogP contribution < -0.4 is 5.73 Å². The maximum Gasteiger partial charge on any atom is 0.243 e. The lowest BCUT2D eigenvalue weighted by atomic mass is 10.0. The minimum absolute atomic E-state index is 0.293. The number of hydrogen-bond acceptors (Lipinski definition) is 4. The topological polar surface area (TPSA) is 64.9 Å². The molecule has 0 aliphatic heterocycles. The fraction of sp³-hybridized carbons (Fsp3) is 0.176. The van der Waals surface area contributed by atoms with Crippen LogP contribution in [0.1, 0.15) is 23.3 Å². The number of aryl methyl sites for hydroxylation is 1. The van der Waals surface area contributed by atoms with Crippen molar-refractivity contribution in [3.63, 3.8) is 0 Å². The van der Waals surface area contributed by atoms with Crippen LogP contribution in [0, 0.1) is 6.92 Å². The molecule has 0 aliphatic rings. The van der Waals surface area contributed by atoms with Crippen molar-refractivity contribution in [3.8, 4) is 11.1 Å². The monoisotopic (exact) mass is 313 g/mol. The van der Waals surface area contributed by atoms with Gasteiger partial charge in [0.1, 0.15) is 0 Å². The van der Waals surface area contributed by atoms with Crippen LogP contribution in [0.4, 0.5) is 0 Å². The van der Waals surface area contributed by atoms with E-state index in [9.17, 15) is 0 Å². The van der Waals surface area contributed by atoms with Gasteiger partial charge in [0.25, 0.3) is 0 Å². The molecule has 0 amide bonds. The SMILES string of the molecule is Cc1noc([C@H](N)Cc2ccc(-c3cccc(Cl)c3)cc2)n1. The van der Waals surface area contributed by atoms with Gasteiger partial charge in [-0.25, -0.2) is 0 Å². The van der Waals surface area contributed by atoms with Crippen molar-refractivity contribution in [2.45, 2.75) is 19.4 Å². The van der Waals surface area contributed by atoms with Crippen molar-refractivity contribution < 1.29 is 4.52 Å². The van der Waals surface area contributed by atoms with E-state index in [4.69, 9.17) is 21.9 Å². The Morgan fingerprint density at radius 1 is 1.14 bits per heavy atom. The predicted octanol–water partition coefficient (Wildman–Crippen LogP) is 3.94. The van der Waals surface area contributed by atoms with Gasteiger partial charge in [-0.05, 0) is 42.2 Å². The summed E-state index contributed by atoms with van der Waals surface area (Å²) in [6.45, 7) is 1.78. The van der Waals surface area contributed by atoms with Crippen LogP contribution in [0.2, 0.25) is 5.02 Å². The van der Waals surface area contributed by atoms with E-state index in [-0.39, 0.29) is 6.04 Å². The quantitative estimate of drug-likeness (QED) is 0.792. The highest BCUT2D eigenvalue weighted by Crippen LogP contribution is 2.24. The summed E-state index contributed by atoms with van der Waals surface area (Å²) in [5, 5.41) is 4.49. The normalized spacial score (nSPS) is 12.3. The third kappa shape index (κ3) is 3.35. The number of halogens is 1. The molecule has 0 bridgehead atoms. The molecule has 1 atom stereocenters. The molecule has 0 fully saturated rings. The van der Waals surface area contributed by atoms with E-state index in [1.165, 1.54) is 0 Å². The summed E-state index contributed by atoms with van der Waals surface area (Å²) in [5.74, 6) is 1.07. The summed E-state index contributed by atoms with van der Waals surface area (Å²) < 4.78 is 5.10. The number of benzene rings is 2. The zero-order chi connectivity index (χ0) is 15.5. The van der Waals surface area contributed by atoms with E-state index in [0.29, 0.717) is 18.1 Å². The van der Waals surface area contributed by atoms with Crippen molar-refractivity contribution >= 4 is 11.6 Å². The molecule has 5 heteroatoms. The Bertz CT molecular complexity index is 768. The number of hydrogen-bond donors (Lipinski definition) is 1. The highest BCUT2D eigenvalue weighted by molar-refractivity contribution is 6.30. The first kappa shape index (κ1) is 14.8. The van der Waals surface area contributed by atoms with Gasteiger partial charge in [-0.15, -0.1) is 0 Å². The second-order valence-electron chi connectivity index (χ2n) is 5.20. The van der Waals surface area contributed by atoms with Crippen LogP contribution in [-0.2, 0) is 6.42 Å². The van der Waals surface area contributed by atoms with Crippen LogP contribution in [-0.4, -0.2) is 10.1 Å². The van der Waals surface area contributed by atoms with E-state index < -0.39 is 0 Å². The lowest BCUT2D eigenvalue weighted by Crippen LogP contribution is -2.13. The Morgan fingerprint density at radius 3 is 2.55 bits per heavy atom. The first-order chi connectivity index (χ1) is 10.6. The molecule has 4 nitrogen and oxygen atoms in total. The van der Waals surface area contributed by atoms with E-state index in [0.717, 1.165) is 21.7 Å². The zero-order valence-corrected chi connectivity index (χ0v) is 12.9. The summed E-state index contributed by atoms with van der Waals surface area (Å²) in [5.41, 5.74) is 9.43. The molecule has 0 saturated carbocycles. The molecule has 0 spiro atoms. The number of nitrogens with two attached hydrogens (primary N) is 1. The van der Waals surface area contributed by atoms with Gasteiger partial charge in [0, 0.05) is 5.02 Å². The molecule has 22 heavy (non-hydrogen) atoms. The van der Waals surface area contributed by atoms with Crippen LogP contribution in [0.15, 0.2) is 53.1 Å². The van der Waals surface area contributed by atoms with Gasteiger partial charge in [0.2, 0.25) is 5.89 Å². The maximum absolute atomic E-state index is 6.10. The lowest BCUT2D eigenvalue weighted by molar-refractivity contribution is 0.351. The highest BCUT2D eigenvalue weighted by Gasteiger charge is 2.14. The van der Waals surface area contributed by atoms with E-state index in [2.05, 4.69) is 34.4 Å². The molecule has 1 heterocycles. The van der Waals surface area contributed by atoms with Crippen molar-refractivity contribution in [2.24, 2.45) is 5.73 Å². The van der Waals surface area contributed by atoms with E-state index in [1.807, 2.05) is 24.3 Å². The second kappa shape index (κ2) is 6.30. The standard InChI is InChI=1S/C17H16ClN3O/c1-11-20-17(22-21-11)16(19)9-12-5-7-13(8-6-12)14-3-2-4-15(18)10-14/h2-8,10,16H,9,19H2,1H3/t16-/m1/s1. The Morgan fingerprint density at radius 2 is 1.91 bits per heavy atom. The van der Waals surface area contributed by atoms with Crippen LogP contribution in [0.5, 0.6) is 0 Å². The van der Waals surface area contributed by atoms with Gasteiger partial charge >= 0.3 is 0 Å². The summed E-state index contributed by atoms with van der Waals surface area (Å²) in [6.07, 6.45) is 0.650.